The van der Waals surface area contributed by atoms with Crippen molar-refractivity contribution in [2.45, 2.75) is 38.0 Å². The van der Waals surface area contributed by atoms with Crippen LogP contribution in [0, 0.1) is 5.92 Å². The molecule has 1 aliphatic carbocycles. The Morgan fingerprint density at radius 2 is 1.89 bits per heavy atom. The molecular weight excluding hydrogens is 494 g/mol. The number of piperidine rings is 1. The molecule has 0 unspecified atom stereocenters. The minimum absolute atomic E-state index is 0.000250. The fraction of sp³-hybridized carbons (Fsp3) is 0.500. The summed E-state index contributed by atoms with van der Waals surface area (Å²) in [6.07, 6.45) is 5.17. The lowest BCUT2D eigenvalue weighted by Gasteiger charge is -2.34. The number of nitrogens with one attached hydrogen (secondary N) is 1. The maximum atomic E-state index is 13.1. The van der Waals surface area contributed by atoms with Crippen molar-refractivity contribution in [1.29, 1.82) is 0 Å². The number of hydrogen-bond acceptors (Lipinski definition) is 8. The van der Waals surface area contributed by atoms with Crippen LogP contribution in [0.1, 0.15) is 54.2 Å². The third-order valence-corrected chi connectivity index (χ3v) is 8.55. The number of sulfonamides is 1. The molecular formula is C26H33N5O5S. The molecule has 11 heteroatoms. The Balaban J connectivity index is 1.65. The Hall–Kier alpha value is -3.02. The van der Waals surface area contributed by atoms with Crippen LogP contribution in [0.25, 0.3) is 16.7 Å². The Morgan fingerprint density at radius 3 is 2.51 bits per heavy atom. The predicted molar refractivity (Wildman–Crippen MR) is 141 cm³/mol. The molecule has 2 N–H and O–H groups in total. The summed E-state index contributed by atoms with van der Waals surface area (Å²) in [6.45, 7) is 1.72. The minimum atomic E-state index is -3.99. The van der Waals surface area contributed by atoms with E-state index in [4.69, 9.17) is 14.9 Å². The number of aliphatic hydroxyl groups is 1. The number of benzene rings is 1. The molecule has 5 rings (SSSR count). The van der Waals surface area contributed by atoms with Gasteiger partial charge in [0.05, 0.1) is 34.8 Å². The first kappa shape index (κ1) is 25.6. The highest BCUT2D eigenvalue weighted by Gasteiger charge is 2.32. The number of hydrogen-bond donors (Lipinski definition) is 2. The van der Waals surface area contributed by atoms with E-state index < -0.39 is 28.3 Å². The van der Waals surface area contributed by atoms with Crippen LogP contribution in [-0.4, -0.2) is 73.4 Å². The van der Waals surface area contributed by atoms with E-state index in [1.54, 1.807) is 17.9 Å². The summed E-state index contributed by atoms with van der Waals surface area (Å²) in [5, 5.41) is 15.0. The lowest BCUT2D eigenvalue weighted by molar-refractivity contribution is 0.0977. The summed E-state index contributed by atoms with van der Waals surface area (Å²) in [7, 11) is -2.27. The highest BCUT2D eigenvalue weighted by molar-refractivity contribution is 7.90. The van der Waals surface area contributed by atoms with Crippen LogP contribution < -0.4 is 9.62 Å². The topological polar surface area (TPSA) is 127 Å². The number of aliphatic hydroxyl groups excluding tert-OH is 1. The molecule has 2 aromatic heterocycles. The highest BCUT2D eigenvalue weighted by Crippen LogP contribution is 2.43. The van der Waals surface area contributed by atoms with Crippen LogP contribution >= 0.6 is 0 Å². The second-order valence-electron chi connectivity index (χ2n) is 9.85. The van der Waals surface area contributed by atoms with Gasteiger partial charge in [-0.25, -0.2) is 22.8 Å². The molecule has 10 nitrogen and oxygen atoms in total. The van der Waals surface area contributed by atoms with E-state index in [2.05, 4.69) is 9.88 Å². The summed E-state index contributed by atoms with van der Waals surface area (Å²) in [6, 6.07) is 11.3. The average molecular weight is 528 g/mol. The molecule has 198 valence electrons. The van der Waals surface area contributed by atoms with E-state index in [1.807, 2.05) is 35.1 Å². The molecule has 0 bridgehead atoms. The summed E-state index contributed by atoms with van der Waals surface area (Å²) in [4.78, 5) is 20.0. The molecule has 0 spiro atoms. The predicted octanol–water partition coefficient (Wildman–Crippen LogP) is 2.60. The Morgan fingerprint density at radius 1 is 1.16 bits per heavy atom. The van der Waals surface area contributed by atoms with Gasteiger partial charge in [0.15, 0.2) is 5.65 Å². The van der Waals surface area contributed by atoms with Crippen LogP contribution in [0.5, 0.6) is 0 Å². The molecule has 2 aliphatic rings. The average Bonchev–Trinajstić information content (AvgIpc) is 3.22. The van der Waals surface area contributed by atoms with Gasteiger partial charge in [0.25, 0.3) is 5.91 Å². The van der Waals surface area contributed by atoms with Crippen LogP contribution in [0.15, 0.2) is 36.4 Å². The van der Waals surface area contributed by atoms with Crippen LogP contribution in [0.4, 0.5) is 5.69 Å². The molecule has 0 atom stereocenters. The quantitative estimate of drug-likeness (QED) is 0.435. The van der Waals surface area contributed by atoms with Gasteiger partial charge in [0.2, 0.25) is 10.0 Å². The number of anilines is 1. The van der Waals surface area contributed by atoms with Gasteiger partial charge in [-0.05, 0) is 49.8 Å². The lowest BCUT2D eigenvalue weighted by atomic mass is 9.82. The van der Waals surface area contributed by atoms with Crippen molar-refractivity contribution in [3.63, 3.8) is 0 Å². The molecule has 3 aromatic rings. The van der Waals surface area contributed by atoms with Crippen LogP contribution in [0.3, 0.4) is 0 Å². The monoisotopic (exact) mass is 527 g/mol. The highest BCUT2D eigenvalue weighted by atomic mass is 32.2. The molecule has 3 heterocycles. The van der Waals surface area contributed by atoms with Crippen molar-refractivity contribution in [2.75, 3.05) is 44.1 Å². The number of carbonyl (C=O) groups is 1. The number of fused-ring (bicyclic) bond motifs is 1. The molecule has 1 aliphatic heterocycles. The van der Waals surface area contributed by atoms with Gasteiger partial charge in [0.1, 0.15) is 5.69 Å². The fourth-order valence-corrected chi connectivity index (χ4v) is 5.88. The largest absolute Gasteiger partial charge is 0.395 e. The lowest BCUT2D eigenvalue weighted by Crippen LogP contribution is -2.36. The number of aromatic nitrogens is 3. The third-order valence-electron chi connectivity index (χ3n) is 7.34. The summed E-state index contributed by atoms with van der Waals surface area (Å²) >= 11 is 0. The standard InChI is InChI=1S/C26H33N5O5S/c1-36-17-18-10-12-30(13-11-18)22-16-21(26(33)29-37(34,35)15-14-32)27-25-23(22)24(19-6-5-7-19)28-31(25)20-8-3-2-4-9-20/h2-4,8-9,16,18-19,32H,5-7,10-15,17H2,1H3,(H,29,33). The summed E-state index contributed by atoms with van der Waals surface area (Å²) < 4.78 is 33.6. The molecule has 1 saturated heterocycles. The molecule has 2 fully saturated rings. The van der Waals surface area contributed by atoms with Crippen LogP contribution in [0.2, 0.25) is 0 Å². The van der Waals surface area contributed by atoms with E-state index >= 15 is 0 Å². The number of amides is 1. The third kappa shape index (κ3) is 5.34. The SMILES string of the molecule is COCC1CCN(c2cc(C(=O)NS(=O)(=O)CCO)nc3c2c(C2CCC2)nn3-c2ccccc2)CC1. The second kappa shape index (κ2) is 10.8. The first-order valence-electron chi connectivity index (χ1n) is 12.8. The number of pyridine rings is 1. The maximum absolute atomic E-state index is 13.1. The van der Waals surface area contributed by atoms with E-state index in [-0.39, 0.29) is 5.69 Å². The maximum Gasteiger partial charge on any atom is 0.283 e. The van der Waals surface area contributed by atoms with Gasteiger partial charge in [-0.15, -0.1) is 0 Å². The van der Waals surface area contributed by atoms with Crippen LogP contribution in [-0.2, 0) is 14.8 Å². The fourth-order valence-electron chi connectivity index (χ4n) is 5.15. The van der Waals surface area contributed by atoms with Gasteiger partial charge >= 0.3 is 0 Å². The van der Waals surface area contributed by atoms with E-state index in [9.17, 15) is 13.2 Å². The minimum Gasteiger partial charge on any atom is -0.395 e. The first-order valence-corrected chi connectivity index (χ1v) is 14.4. The molecule has 1 saturated carbocycles. The number of para-hydroxylation sites is 1. The number of rotatable bonds is 9. The Bertz CT molecular complexity index is 1360. The molecule has 37 heavy (non-hydrogen) atoms. The van der Waals surface area contributed by atoms with Gasteiger partial charge in [0, 0.05) is 32.7 Å². The number of nitrogens with zero attached hydrogens (tertiary/aromatic N) is 4. The zero-order valence-electron chi connectivity index (χ0n) is 21.0. The van der Waals surface area contributed by atoms with Crippen molar-refractivity contribution >= 4 is 32.7 Å². The molecule has 0 radical (unpaired) electrons. The van der Waals surface area contributed by atoms with Gasteiger partial charge in [-0.3, -0.25) is 4.79 Å². The van der Waals surface area contributed by atoms with E-state index in [0.717, 1.165) is 74.3 Å². The molecule has 1 aromatic carbocycles. The van der Waals surface area contributed by atoms with E-state index in [1.165, 1.54) is 0 Å². The summed E-state index contributed by atoms with van der Waals surface area (Å²) in [5.74, 6) is -0.585. The smallest absolute Gasteiger partial charge is 0.283 e. The van der Waals surface area contributed by atoms with Crippen molar-refractivity contribution in [3.05, 3.63) is 47.8 Å². The van der Waals surface area contributed by atoms with Crippen molar-refractivity contribution < 1.29 is 23.1 Å². The van der Waals surface area contributed by atoms with Crippen molar-refractivity contribution in [3.8, 4) is 5.69 Å². The number of ether oxygens (including phenoxy) is 1. The van der Waals surface area contributed by atoms with Crippen molar-refractivity contribution in [1.82, 2.24) is 19.5 Å². The normalized spacial score (nSPS) is 17.2. The molecule has 1 amide bonds. The summed E-state index contributed by atoms with van der Waals surface area (Å²) in [5.41, 5.74) is 3.19. The van der Waals surface area contributed by atoms with Gasteiger partial charge < -0.3 is 14.7 Å². The first-order chi connectivity index (χ1) is 17.9. The zero-order valence-corrected chi connectivity index (χ0v) is 21.8. The zero-order chi connectivity index (χ0) is 26.0. The van der Waals surface area contributed by atoms with Crippen molar-refractivity contribution in [2.24, 2.45) is 5.92 Å². The van der Waals surface area contributed by atoms with Gasteiger partial charge in [-0.1, -0.05) is 24.6 Å². The number of carbonyl (C=O) groups excluding carboxylic acids is 1. The Labute approximate surface area is 216 Å². The van der Waals surface area contributed by atoms with Gasteiger partial charge in [-0.2, -0.15) is 5.10 Å². The second-order valence-corrected chi connectivity index (χ2v) is 11.7. The van der Waals surface area contributed by atoms with E-state index in [0.29, 0.717) is 17.5 Å². The Kier molecular flexibility index (Phi) is 7.45. The number of methoxy groups -OCH3 is 1.